The van der Waals surface area contributed by atoms with Crippen LogP contribution in [0.15, 0.2) is 54.1 Å². The van der Waals surface area contributed by atoms with Crippen LogP contribution in [-0.4, -0.2) is 17.7 Å². The third-order valence-electron chi connectivity index (χ3n) is 3.49. The van der Waals surface area contributed by atoms with Gasteiger partial charge in [0.05, 0.1) is 6.04 Å². The third kappa shape index (κ3) is 2.34. The Bertz CT molecular complexity index is 589. The summed E-state index contributed by atoms with van der Waals surface area (Å²) in [6.45, 7) is 0.948. The fraction of sp³-hybridized carbons (Fsp3) is 0.188. The number of hydrogen-bond donors (Lipinski definition) is 0. The van der Waals surface area contributed by atoms with Crippen molar-refractivity contribution in [1.29, 1.82) is 0 Å². The molecule has 1 aromatic heterocycles. The summed E-state index contributed by atoms with van der Waals surface area (Å²) < 4.78 is 0. The van der Waals surface area contributed by atoms with E-state index in [1.807, 2.05) is 6.20 Å². The van der Waals surface area contributed by atoms with Gasteiger partial charge in [-0.3, -0.25) is 4.79 Å². The van der Waals surface area contributed by atoms with Gasteiger partial charge in [-0.05, 0) is 35.1 Å². The van der Waals surface area contributed by atoms with Gasteiger partial charge in [0.25, 0.3) is 0 Å². The summed E-state index contributed by atoms with van der Waals surface area (Å²) in [4.78, 5) is 14.1. The lowest BCUT2D eigenvalue weighted by molar-refractivity contribution is -0.104. The van der Waals surface area contributed by atoms with Crippen LogP contribution in [0.2, 0.25) is 0 Å². The summed E-state index contributed by atoms with van der Waals surface area (Å²) in [5, 5.41) is 2.11. The fourth-order valence-corrected chi connectivity index (χ4v) is 3.52. The van der Waals surface area contributed by atoms with E-state index in [1.54, 1.807) is 17.4 Å². The van der Waals surface area contributed by atoms with E-state index in [1.165, 1.54) is 16.0 Å². The topological polar surface area (TPSA) is 20.3 Å². The molecule has 1 atom stereocenters. The quantitative estimate of drug-likeness (QED) is 0.628. The molecule has 0 amide bonds. The van der Waals surface area contributed by atoms with Gasteiger partial charge < -0.3 is 4.90 Å². The second kappa shape index (κ2) is 5.41. The highest BCUT2D eigenvalue weighted by Gasteiger charge is 2.26. The van der Waals surface area contributed by atoms with E-state index < -0.39 is 0 Å². The summed E-state index contributed by atoms with van der Waals surface area (Å²) in [6, 6.07) is 13.1. The molecule has 0 saturated heterocycles. The van der Waals surface area contributed by atoms with Crippen molar-refractivity contribution in [3.63, 3.8) is 0 Å². The van der Waals surface area contributed by atoms with E-state index in [9.17, 15) is 4.79 Å². The van der Waals surface area contributed by atoms with E-state index in [2.05, 4.69) is 46.7 Å². The maximum absolute atomic E-state index is 10.6. The van der Waals surface area contributed by atoms with Gasteiger partial charge in [0, 0.05) is 17.6 Å². The maximum atomic E-state index is 10.6. The minimum atomic E-state index is 0.237. The molecule has 1 unspecified atom stereocenters. The predicted molar refractivity (Wildman–Crippen MR) is 78.2 cm³/mol. The van der Waals surface area contributed by atoms with Crippen LogP contribution in [0, 0.1) is 0 Å². The second-order valence-electron chi connectivity index (χ2n) is 4.58. The molecular formula is C16H15NOS. The number of fused-ring (bicyclic) bond motifs is 1. The highest BCUT2D eigenvalue weighted by atomic mass is 32.1. The number of thiophene rings is 1. The fourth-order valence-electron chi connectivity index (χ4n) is 2.66. The molecule has 1 aliphatic heterocycles. The molecule has 2 heterocycles. The van der Waals surface area contributed by atoms with Crippen LogP contribution in [0.3, 0.4) is 0 Å². The van der Waals surface area contributed by atoms with Crippen LogP contribution < -0.4 is 0 Å². The Labute approximate surface area is 117 Å². The molecule has 0 saturated carbocycles. The van der Waals surface area contributed by atoms with Crippen LogP contribution in [0.4, 0.5) is 0 Å². The lowest BCUT2D eigenvalue weighted by Gasteiger charge is -2.36. The number of allylic oxidation sites excluding steroid dienone is 1. The zero-order valence-electron chi connectivity index (χ0n) is 10.5. The standard InChI is InChI=1S/C16H15NOS/c18-11-4-9-17-10-8-13-5-1-2-6-14(13)16(17)15-7-3-12-19-15/h1-7,9,11-12,16H,8,10H2. The summed E-state index contributed by atoms with van der Waals surface area (Å²) in [5.41, 5.74) is 2.77. The first-order chi connectivity index (χ1) is 9.40. The van der Waals surface area contributed by atoms with Crippen molar-refractivity contribution in [2.24, 2.45) is 0 Å². The van der Waals surface area contributed by atoms with Gasteiger partial charge in [0.15, 0.2) is 0 Å². The van der Waals surface area contributed by atoms with Crippen LogP contribution in [0.5, 0.6) is 0 Å². The molecule has 96 valence electrons. The Hall–Kier alpha value is -1.87. The monoisotopic (exact) mass is 269 g/mol. The van der Waals surface area contributed by atoms with Crippen molar-refractivity contribution in [3.8, 4) is 0 Å². The lowest BCUT2D eigenvalue weighted by atomic mass is 9.92. The number of hydrogen-bond acceptors (Lipinski definition) is 3. The van der Waals surface area contributed by atoms with E-state index in [4.69, 9.17) is 0 Å². The summed E-state index contributed by atoms with van der Waals surface area (Å²) in [5.74, 6) is 0. The minimum Gasteiger partial charge on any atom is -0.365 e. The zero-order chi connectivity index (χ0) is 13.1. The molecule has 2 aromatic rings. The van der Waals surface area contributed by atoms with Crippen molar-refractivity contribution in [2.75, 3.05) is 6.54 Å². The van der Waals surface area contributed by atoms with Crippen molar-refractivity contribution >= 4 is 17.6 Å². The predicted octanol–water partition coefficient (Wildman–Crippen LogP) is 3.41. The van der Waals surface area contributed by atoms with Gasteiger partial charge in [-0.15, -0.1) is 11.3 Å². The first-order valence-corrected chi connectivity index (χ1v) is 7.27. The second-order valence-corrected chi connectivity index (χ2v) is 5.56. The molecule has 0 bridgehead atoms. The Kier molecular flexibility index (Phi) is 3.47. The molecule has 1 aromatic carbocycles. The molecule has 0 N–H and O–H groups in total. The van der Waals surface area contributed by atoms with Crippen molar-refractivity contribution in [1.82, 2.24) is 4.90 Å². The Balaban J connectivity index is 2.06. The average Bonchev–Trinajstić information content (AvgIpc) is 2.98. The first kappa shape index (κ1) is 12.2. The molecule has 0 aliphatic carbocycles. The Morgan fingerprint density at radius 3 is 2.89 bits per heavy atom. The lowest BCUT2D eigenvalue weighted by Crippen LogP contribution is -2.31. The maximum Gasteiger partial charge on any atom is 0.144 e. The van der Waals surface area contributed by atoms with Crippen LogP contribution in [0.1, 0.15) is 22.0 Å². The highest BCUT2D eigenvalue weighted by Crippen LogP contribution is 2.37. The molecule has 3 heteroatoms. The van der Waals surface area contributed by atoms with Gasteiger partial charge >= 0.3 is 0 Å². The molecule has 3 rings (SSSR count). The first-order valence-electron chi connectivity index (χ1n) is 6.39. The molecule has 0 fully saturated rings. The molecule has 0 radical (unpaired) electrons. The van der Waals surface area contributed by atoms with Crippen molar-refractivity contribution in [3.05, 3.63) is 70.1 Å². The Morgan fingerprint density at radius 2 is 2.11 bits per heavy atom. The molecule has 2 nitrogen and oxygen atoms in total. The van der Waals surface area contributed by atoms with Crippen molar-refractivity contribution in [2.45, 2.75) is 12.5 Å². The summed E-state index contributed by atoms with van der Waals surface area (Å²) in [6.07, 6.45) is 5.36. The third-order valence-corrected chi connectivity index (χ3v) is 4.41. The highest BCUT2D eigenvalue weighted by molar-refractivity contribution is 7.10. The SMILES string of the molecule is O=CC=CN1CCc2ccccc2C1c1cccs1. The van der Waals surface area contributed by atoms with Gasteiger partial charge in [0.1, 0.15) is 6.29 Å². The minimum absolute atomic E-state index is 0.237. The van der Waals surface area contributed by atoms with Crippen LogP contribution in [-0.2, 0) is 11.2 Å². The smallest absolute Gasteiger partial charge is 0.144 e. The number of carbonyl (C=O) groups excluding carboxylic acids is 1. The molecule has 0 spiro atoms. The molecular weight excluding hydrogens is 254 g/mol. The van der Waals surface area contributed by atoms with Gasteiger partial charge in [0.2, 0.25) is 0 Å². The van der Waals surface area contributed by atoms with Crippen molar-refractivity contribution < 1.29 is 4.79 Å². The molecule has 1 aliphatic rings. The van der Waals surface area contributed by atoms with E-state index in [0.29, 0.717) is 0 Å². The van der Waals surface area contributed by atoms with Crippen LogP contribution >= 0.6 is 11.3 Å². The van der Waals surface area contributed by atoms with E-state index in [0.717, 1.165) is 19.3 Å². The zero-order valence-corrected chi connectivity index (χ0v) is 11.3. The number of carbonyl (C=O) groups is 1. The number of rotatable bonds is 3. The summed E-state index contributed by atoms with van der Waals surface area (Å²) >= 11 is 1.77. The normalized spacial score (nSPS) is 18.5. The van der Waals surface area contributed by atoms with E-state index >= 15 is 0 Å². The molecule has 19 heavy (non-hydrogen) atoms. The van der Waals surface area contributed by atoms with Gasteiger partial charge in [-0.1, -0.05) is 30.3 Å². The van der Waals surface area contributed by atoms with Gasteiger partial charge in [-0.2, -0.15) is 0 Å². The summed E-state index contributed by atoms with van der Waals surface area (Å²) in [7, 11) is 0. The number of nitrogens with zero attached hydrogens (tertiary/aromatic N) is 1. The van der Waals surface area contributed by atoms with Gasteiger partial charge in [-0.25, -0.2) is 0 Å². The Morgan fingerprint density at radius 1 is 1.21 bits per heavy atom. The number of benzene rings is 1. The van der Waals surface area contributed by atoms with Crippen LogP contribution in [0.25, 0.3) is 0 Å². The average molecular weight is 269 g/mol. The number of aldehydes is 1. The largest absolute Gasteiger partial charge is 0.365 e. The van der Waals surface area contributed by atoms with E-state index in [-0.39, 0.29) is 6.04 Å².